The molecule has 3 aromatic heterocycles. The molecule has 3 heterocycles. The molecule has 0 bridgehead atoms. The summed E-state index contributed by atoms with van der Waals surface area (Å²) >= 11 is 0. The number of hydrogen-bond acceptors (Lipinski definition) is 6. The highest BCUT2D eigenvalue weighted by Crippen LogP contribution is 2.38. The van der Waals surface area contributed by atoms with Gasteiger partial charge in [-0.15, -0.1) is 0 Å². The van der Waals surface area contributed by atoms with E-state index >= 15 is 0 Å². The van der Waals surface area contributed by atoms with Crippen LogP contribution in [-0.2, 0) is 0 Å². The van der Waals surface area contributed by atoms with Crippen LogP contribution in [0.1, 0.15) is 0 Å². The smallest absolute Gasteiger partial charge is 0.166 e. The van der Waals surface area contributed by atoms with E-state index in [1.165, 1.54) is 5.39 Å². The maximum atomic E-state index is 5.27. The Morgan fingerprint density at radius 1 is 0.262 bits per heavy atom. The molecule has 0 aliphatic carbocycles. The standard InChI is InChI=1S/C54H35N7/c1-5-18-36(19-6-1)49-55-50(37-20-7-2-8-21-37)57-52(56-49)41-26-15-24-39(34-41)40-25-16-27-42(35-40)53-58-51(38-22-9-3-10-23-38)59-54(60-53)46-32-17-31-45-44-30-13-14-33-47(44)61(48(45)46)43-28-11-4-12-29-43/h1-35H. The Balaban J connectivity index is 1.05. The van der Waals surface area contributed by atoms with Crippen LogP contribution < -0.4 is 0 Å². The average Bonchev–Trinajstić information content (AvgIpc) is 3.69. The number of aromatic nitrogens is 7. The van der Waals surface area contributed by atoms with Crippen molar-refractivity contribution < 1.29 is 0 Å². The molecule has 8 aromatic carbocycles. The van der Waals surface area contributed by atoms with Crippen LogP contribution >= 0.6 is 0 Å². The molecular weight excluding hydrogens is 747 g/mol. The maximum Gasteiger partial charge on any atom is 0.166 e. The fourth-order valence-electron chi connectivity index (χ4n) is 8.00. The van der Waals surface area contributed by atoms with Gasteiger partial charge in [0.05, 0.1) is 11.0 Å². The van der Waals surface area contributed by atoms with Crippen molar-refractivity contribution in [1.29, 1.82) is 0 Å². The zero-order valence-corrected chi connectivity index (χ0v) is 32.8. The van der Waals surface area contributed by atoms with E-state index in [1.807, 2.05) is 109 Å². The lowest BCUT2D eigenvalue weighted by molar-refractivity contribution is 1.07. The van der Waals surface area contributed by atoms with Gasteiger partial charge in [-0.1, -0.05) is 176 Å². The third-order valence-corrected chi connectivity index (χ3v) is 10.9. The van der Waals surface area contributed by atoms with Crippen molar-refractivity contribution in [3.8, 4) is 85.1 Å². The van der Waals surface area contributed by atoms with E-state index in [9.17, 15) is 0 Å². The van der Waals surface area contributed by atoms with Gasteiger partial charge in [0.1, 0.15) is 0 Å². The molecular formula is C54H35N7. The third-order valence-electron chi connectivity index (χ3n) is 10.9. The van der Waals surface area contributed by atoms with Crippen molar-refractivity contribution in [1.82, 2.24) is 34.5 Å². The number of benzene rings is 8. The van der Waals surface area contributed by atoms with Crippen molar-refractivity contribution in [2.45, 2.75) is 0 Å². The van der Waals surface area contributed by atoms with E-state index in [-0.39, 0.29) is 0 Å². The minimum absolute atomic E-state index is 0.582. The Labute approximate surface area is 352 Å². The van der Waals surface area contributed by atoms with Crippen molar-refractivity contribution in [2.24, 2.45) is 0 Å². The Morgan fingerprint density at radius 2 is 0.623 bits per heavy atom. The van der Waals surface area contributed by atoms with Crippen LogP contribution in [0.25, 0.3) is 107 Å². The van der Waals surface area contributed by atoms with Gasteiger partial charge in [-0.25, -0.2) is 29.9 Å². The lowest BCUT2D eigenvalue weighted by Crippen LogP contribution is -2.02. The largest absolute Gasteiger partial charge is 0.309 e. The Bertz CT molecular complexity index is 3290. The van der Waals surface area contributed by atoms with E-state index in [0.29, 0.717) is 34.9 Å². The van der Waals surface area contributed by atoms with Gasteiger partial charge in [0.2, 0.25) is 0 Å². The molecule has 7 nitrogen and oxygen atoms in total. The number of para-hydroxylation sites is 3. The van der Waals surface area contributed by atoms with Crippen LogP contribution in [0.5, 0.6) is 0 Å². The molecule has 7 heteroatoms. The number of nitrogens with zero attached hydrogens (tertiary/aromatic N) is 7. The molecule has 0 amide bonds. The van der Waals surface area contributed by atoms with Gasteiger partial charge in [0.15, 0.2) is 34.9 Å². The molecule has 11 rings (SSSR count). The first-order valence-corrected chi connectivity index (χ1v) is 20.2. The second-order valence-electron chi connectivity index (χ2n) is 14.8. The van der Waals surface area contributed by atoms with Gasteiger partial charge in [-0.2, -0.15) is 0 Å². The predicted octanol–water partition coefficient (Wildman–Crippen LogP) is 12.8. The number of fused-ring (bicyclic) bond motifs is 3. The van der Waals surface area contributed by atoms with Crippen LogP contribution in [0.15, 0.2) is 212 Å². The molecule has 0 aliphatic rings. The molecule has 0 aliphatic heterocycles. The molecule has 0 atom stereocenters. The molecule has 0 unspecified atom stereocenters. The van der Waals surface area contributed by atoms with E-state index in [2.05, 4.69) is 108 Å². The summed E-state index contributed by atoms with van der Waals surface area (Å²) in [5.41, 5.74) is 10.7. The molecule has 0 saturated carbocycles. The molecule has 0 saturated heterocycles. The quantitative estimate of drug-likeness (QED) is 0.153. The van der Waals surface area contributed by atoms with Gasteiger partial charge in [0.25, 0.3) is 0 Å². The third kappa shape index (κ3) is 6.80. The summed E-state index contributed by atoms with van der Waals surface area (Å²) < 4.78 is 2.32. The molecule has 286 valence electrons. The SMILES string of the molecule is c1ccc(-c2nc(-c3ccccc3)nc(-c3cccc(-c4cccc(-c5nc(-c6ccccc6)nc(-c6cccc7c8ccccc8n(-c8ccccc8)c67)n5)c4)c3)n2)cc1. The molecule has 0 N–H and O–H groups in total. The van der Waals surface area contributed by atoms with Crippen LogP contribution in [0.4, 0.5) is 0 Å². The van der Waals surface area contributed by atoms with Crippen LogP contribution in [0, 0.1) is 0 Å². The van der Waals surface area contributed by atoms with Gasteiger partial charge >= 0.3 is 0 Å². The summed E-state index contributed by atoms with van der Waals surface area (Å²) in [6.45, 7) is 0. The number of hydrogen-bond donors (Lipinski definition) is 0. The number of rotatable bonds is 8. The lowest BCUT2D eigenvalue weighted by Gasteiger charge is -2.13. The zero-order chi connectivity index (χ0) is 40.5. The highest BCUT2D eigenvalue weighted by atomic mass is 15.1. The molecule has 0 radical (unpaired) electrons. The maximum absolute atomic E-state index is 5.27. The Morgan fingerprint density at radius 3 is 1.13 bits per heavy atom. The molecule has 0 spiro atoms. The Kier molecular flexibility index (Phi) is 9.02. The topological polar surface area (TPSA) is 82.3 Å². The molecule has 0 fully saturated rings. The second kappa shape index (κ2) is 15.4. The van der Waals surface area contributed by atoms with Gasteiger partial charge in [0, 0.05) is 49.8 Å². The summed E-state index contributed by atoms with van der Waals surface area (Å²) in [5, 5.41) is 2.30. The van der Waals surface area contributed by atoms with Crippen LogP contribution in [-0.4, -0.2) is 34.5 Å². The minimum atomic E-state index is 0.582. The highest BCUT2D eigenvalue weighted by Gasteiger charge is 2.20. The van der Waals surface area contributed by atoms with E-state index in [1.54, 1.807) is 0 Å². The van der Waals surface area contributed by atoms with Crippen LogP contribution in [0.3, 0.4) is 0 Å². The normalized spacial score (nSPS) is 11.3. The summed E-state index contributed by atoms with van der Waals surface area (Å²) in [7, 11) is 0. The van der Waals surface area contributed by atoms with Gasteiger partial charge < -0.3 is 4.57 Å². The fraction of sp³-hybridized carbons (Fsp3) is 0. The molecule has 61 heavy (non-hydrogen) atoms. The first kappa shape index (κ1) is 35.7. The minimum Gasteiger partial charge on any atom is -0.309 e. The summed E-state index contributed by atoms with van der Waals surface area (Å²) in [6, 6.07) is 72.3. The fourth-order valence-corrected chi connectivity index (χ4v) is 8.00. The van der Waals surface area contributed by atoms with Crippen molar-refractivity contribution >= 4 is 21.8 Å². The second-order valence-corrected chi connectivity index (χ2v) is 14.8. The summed E-state index contributed by atoms with van der Waals surface area (Å²) in [6.07, 6.45) is 0. The first-order chi connectivity index (χ1) is 30.2. The van der Waals surface area contributed by atoms with Gasteiger partial charge in [-0.05, 0) is 47.5 Å². The summed E-state index contributed by atoms with van der Waals surface area (Å²) in [4.78, 5) is 30.4. The van der Waals surface area contributed by atoms with E-state index in [0.717, 1.165) is 66.6 Å². The highest BCUT2D eigenvalue weighted by molar-refractivity contribution is 6.13. The lowest BCUT2D eigenvalue weighted by atomic mass is 10.0. The zero-order valence-electron chi connectivity index (χ0n) is 32.8. The Hall–Kier alpha value is -8.42. The van der Waals surface area contributed by atoms with E-state index in [4.69, 9.17) is 29.9 Å². The van der Waals surface area contributed by atoms with Crippen molar-refractivity contribution in [3.05, 3.63) is 212 Å². The van der Waals surface area contributed by atoms with Crippen LogP contribution in [0.2, 0.25) is 0 Å². The summed E-state index contributed by atoms with van der Waals surface area (Å²) in [5.74, 6) is 3.62. The first-order valence-electron chi connectivity index (χ1n) is 20.2. The average molecular weight is 782 g/mol. The van der Waals surface area contributed by atoms with E-state index < -0.39 is 0 Å². The molecule has 11 aromatic rings. The van der Waals surface area contributed by atoms with Gasteiger partial charge in [-0.3, -0.25) is 0 Å². The monoisotopic (exact) mass is 781 g/mol. The predicted molar refractivity (Wildman–Crippen MR) is 246 cm³/mol. The van der Waals surface area contributed by atoms with Crippen molar-refractivity contribution in [2.75, 3.05) is 0 Å². The van der Waals surface area contributed by atoms with Crippen molar-refractivity contribution in [3.63, 3.8) is 0 Å².